The summed E-state index contributed by atoms with van der Waals surface area (Å²) in [6.07, 6.45) is 3.84. The van der Waals surface area contributed by atoms with E-state index in [0.29, 0.717) is 30.4 Å². The van der Waals surface area contributed by atoms with Gasteiger partial charge in [0, 0.05) is 19.6 Å². The summed E-state index contributed by atoms with van der Waals surface area (Å²) in [4.78, 5) is 13.3. The van der Waals surface area contributed by atoms with E-state index < -0.39 is 0 Å². The highest BCUT2D eigenvalue weighted by Gasteiger charge is 2.37. The minimum Gasteiger partial charge on any atom is -0.348 e. The molecule has 0 saturated heterocycles. The molecule has 1 fully saturated rings. The summed E-state index contributed by atoms with van der Waals surface area (Å²) in [7, 11) is 1.79. The number of aryl methyl sites for hydroxylation is 2. The molecule has 0 radical (unpaired) electrons. The first-order valence-corrected chi connectivity index (χ1v) is 7.72. The third-order valence-corrected chi connectivity index (χ3v) is 4.51. The lowest BCUT2D eigenvalue weighted by molar-refractivity contribution is -0.384. The maximum atomic E-state index is 11.5. The molecule has 1 saturated carbocycles. The van der Waals surface area contributed by atoms with Crippen LogP contribution in [-0.4, -0.2) is 33.8 Å². The van der Waals surface area contributed by atoms with E-state index in [1.54, 1.807) is 11.7 Å². The van der Waals surface area contributed by atoms with Crippen molar-refractivity contribution in [1.82, 2.24) is 9.78 Å². The van der Waals surface area contributed by atoms with Gasteiger partial charge in [-0.3, -0.25) is 10.1 Å². The number of nitro groups is 1. The molecule has 2 unspecified atom stereocenters. The third-order valence-electron chi connectivity index (χ3n) is 4.51. The van der Waals surface area contributed by atoms with Crippen molar-refractivity contribution >= 4 is 11.5 Å². The average molecular weight is 295 g/mol. The predicted molar refractivity (Wildman–Crippen MR) is 82.4 cm³/mol. The Hall–Kier alpha value is -1.63. The maximum absolute atomic E-state index is 11.5. The van der Waals surface area contributed by atoms with Crippen molar-refractivity contribution < 1.29 is 4.92 Å². The quantitative estimate of drug-likeness (QED) is 0.639. The minimum atomic E-state index is -0.295. The molecule has 0 amide bonds. The van der Waals surface area contributed by atoms with Gasteiger partial charge in [0.1, 0.15) is 5.69 Å². The first-order valence-electron chi connectivity index (χ1n) is 7.72. The number of aromatic nitrogens is 2. The summed E-state index contributed by atoms with van der Waals surface area (Å²) >= 11 is 0. The fraction of sp³-hybridized carbons (Fsp3) is 0.786. The summed E-state index contributed by atoms with van der Waals surface area (Å²) < 4.78 is 1.66. The molecule has 0 spiro atoms. The molecule has 7 heteroatoms. The van der Waals surface area contributed by atoms with Gasteiger partial charge in [0.2, 0.25) is 5.82 Å². The van der Waals surface area contributed by atoms with Crippen LogP contribution in [0.25, 0.3) is 0 Å². The summed E-state index contributed by atoms with van der Waals surface area (Å²) in [5, 5.41) is 15.8. The Balaban J connectivity index is 2.47. The van der Waals surface area contributed by atoms with Gasteiger partial charge in [-0.05, 0) is 38.6 Å². The minimum absolute atomic E-state index is 0.157. The molecular formula is C14H25N5O2. The van der Waals surface area contributed by atoms with Crippen LogP contribution in [0.3, 0.4) is 0 Å². The van der Waals surface area contributed by atoms with Crippen molar-refractivity contribution in [2.24, 2.45) is 18.7 Å². The predicted octanol–water partition coefficient (Wildman–Crippen LogP) is 1.84. The van der Waals surface area contributed by atoms with Crippen molar-refractivity contribution in [2.45, 2.75) is 45.6 Å². The fourth-order valence-corrected chi connectivity index (χ4v) is 3.55. The van der Waals surface area contributed by atoms with Crippen LogP contribution in [0.15, 0.2) is 0 Å². The molecule has 1 aromatic heterocycles. The zero-order valence-electron chi connectivity index (χ0n) is 13.1. The summed E-state index contributed by atoms with van der Waals surface area (Å²) in [6, 6.07) is 0.277. The highest BCUT2D eigenvalue weighted by molar-refractivity contribution is 5.62. The van der Waals surface area contributed by atoms with Gasteiger partial charge in [-0.25, -0.2) is 4.68 Å². The molecule has 1 heterocycles. The molecule has 1 aromatic rings. The maximum Gasteiger partial charge on any atom is 0.334 e. The highest BCUT2D eigenvalue weighted by atomic mass is 16.6. The third kappa shape index (κ3) is 2.74. The van der Waals surface area contributed by atoms with Crippen LogP contribution in [0.2, 0.25) is 0 Å². The van der Waals surface area contributed by atoms with E-state index in [1.165, 1.54) is 0 Å². The van der Waals surface area contributed by atoms with E-state index in [1.807, 2.05) is 13.8 Å². The lowest BCUT2D eigenvalue weighted by Crippen LogP contribution is -2.41. The largest absolute Gasteiger partial charge is 0.348 e. The Bertz CT molecular complexity index is 514. The SMILES string of the molecule is CCc1nn(C)c(N(CC)C2CCCC2CN)c1[N+](=O)[O-]. The molecule has 0 aromatic carbocycles. The van der Waals surface area contributed by atoms with Gasteiger partial charge in [0.05, 0.1) is 4.92 Å². The van der Waals surface area contributed by atoms with E-state index >= 15 is 0 Å². The van der Waals surface area contributed by atoms with Crippen LogP contribution in [0.5, 0.6) is 0 Å². The van der Waals surface area contributed by atoms with Gasteiger partial charge in [0.15, 0.2) is 0 Å². The van der Waals surface area contributed by atoms with Gasteiger partial charge in [0.25, 0.3) is 0 Å². The molecule has 0 bridgehead atoms. The van der Waals surface area contributed by atoms with Crippen molar-refractivity contribution in [1.29, 1.82) is 0 Å². The van der Waals surface area contributed by atoms with Crippen LogP contribution in [-0.2, 0) is 13.5 Å². The van der Waals surface area contributed by atoms with Crippen LogP contribution in [0.4, 0.5) is 11.5 Å². The molecule has 118 valence electrons. The number of hydrogen-bond acceptors (Lipinski definition) is 5. The molecule has 21 heavy (non-hydrogen) atoms. The van der Waals surface area contributed by atoms with E-state index in [9.17, 15) is 10.1 Å². The second kappa shape index (κ2) is 6.43. The average Bonchev–Trinajstić information content (AvgIpc) is 3.05. The Morgan fingerprint density at radius 3 is 2.71 bits per heavy atom. The van der Waals surface area contributed by atoms with Crippen LogP contribution >= 0.6 is 0 Å². The normalized spacial score (nSPS) is 21.7. The number of nitrogens with two attached hydrogens (primary N) is 1. The fourth-order valence-electron chi connectivity index (χ4n) is 3.55. The molecule has 1 aliphatic rings. The molecular weight excluding hydrogens is 270 g/mol. The standard InChI is InChI=1S/C14H25N5O2/c1-4-11-13(19(20)21)14(17(3)16-11)18(5-2)12-8-6-7-10(12)9-15/h10,12H,4-9,15H2,1-3H3. The first-order chi connectivity index (χ1) is 10.0. The Morgan fingerprint density at radius 1 is 1.48 bits per heavy atom. The summed E-state index contributed by atoms with van der Waals surface area (Å²) in [5.41, 5.74) is 6.59. The Kier molecular flexibility index (Phi) is 4.82. The number of rotatable bonds is 6. The molecule has 2 atom stereocenters. The monoisotopic (exact) mass is 295 g/mol. The number of nitrogens with zero attached hydrogens (tertiary/aromatic N) is 4. The van der Waals surface area contributed by atoms with Crippen LogP contribution in [0, 0.1) is 16.0 Å². The van der Waals surface area contributed by atoms with Gasteiger partial charge in [-0.2, -0.15) is 5.10 Å². The second-order valence-corrected chi connectivity index (χ2v) is 5.63. The summed E-state index contributed by atoms with van der Waals surface area (Å²) in [5.74, 6) is 1.04. The molecule has 1 aliphatic carbocycles. The smallest absolute Gasteiger partial charge is 0.334 e. The second-order valence-electron chi connectivity index (χ2n) is 5.63. The first kappa shape index (κ1) is 15.8. The van der Waals surface area contributed by atoms with E-state index in [4.69, 9.17) is 5.73 Å². The summed E-state index contributed by atoms with van der Waals surface area (Å²) in [6.45, 7) is 5.29. The molecule has 7 nitrogen and oxygen atoms in total. The lowest BCUT2D eigenvalue weighted by Gasteiger charge is -2.32. The van der Waals surface area contributed by atoms with Gasteiger partial charge >= 0.3 is 5.69 Å². The van der Waals surface area contributed by atoms with Crippen molar-refractivity contribution in [3.63, 3.8) is 0 Å². The highest BCUT2D eigenvalue weighted by Crippen LogP contribution is 2.38. The van der Waals surface area contributed by atoms with Crippen LogP contribution < -0.4 is 10.6 Å². The van der Waals surface area contributed by atoms with E-state index in [-0.39, 0.29) is 16.7 Å². The number of hydrogen-bond donors (Lipinski definition) is 1. The Labute approximate surface area is 125 Å². The van der Waals surface area contributed by atoms with Gasteiger partial charge in [-0.15, -0.1) is 0 Å². The Morgan fingerprint density at radius 2 is 2.19 bits per heavy atom. The van der Waals surface area contributed by atoms with Crippen molar-refractivity contribution in [3.8, 4) is 0 Å². The van der Waals surface area contributed by atoms with Gasteiger partial charge < -0.3 is 10.6 Å². The van der Waals surface area contributed by atoms with E-state index in [0.717, 1.165) is 25.8 Å². The van der Waals surface area contributed by atoms with Crippen molar-refractivity contribution in [2.75, 3.05) is 18.0 Å². The van der Waals surface area contributed by atoms with Crippen molar-refractivity contribution in [3.05, 3.63) is 15.8 Å². The molecule has 2 rings (SSSR count). The topological polar surface area (TPSA) is 90.2 Å². The molecule has 2 N–H and O–H groups in total. The zero-order valence-corrected chi connectivity index (χ0v) is 13.1. The lowest BCUT2D eigenvalue weighted by atomic mass is 10.0. The van der Waals surface area contributed by atoms with E-state index in [2.05, 4.69) is 10.00 Å². The van der Waals surface area contributed by atoms with Gasteiger partial charge in [-0.1, -0.05) is 13.3 Å². The molecule has 0 aliphatic heterocycles. The zero-order chi connectivity index (χ0) is 15.6. The van der Waals surface area contributed by atoms with Crippen LogP contribution in [0.1, 0.15) is 38.8 Å². The number of anilines is 1.